The molecule has 1 aromatic heterocycles. The standard InChI is InChI=1S/C25H38N4OS/c1-17-14-18(2)23-22(15-17)31-25(27-23)28-12-6-10-21(16-28)24(30)26-11-7-13-29-19(3)8-5-9-20(29)4/h14-15,19-21H,5-13,16H2,1-4H3,(H,26,30)/t19-,20+,21-/m1/s1. The van der Waals surface area contributed by atoms with Gasteiger partial charge in [-0.15, -0.1) is 0 Å². The summed E-state index contributed by atoms with van der Waals surface area (Å²) in [5.74, 6) is 0.286. The molecule has 0 unspecified atom stereocenters. The van der Waals surface area contributed by atoms with Gasteiger partial charge in [0, 0.05) is 38.3 Å². The first kappa shape index (κ1) is 22.5. The lowest BCUT2D eigenvalue weighted by Crippen LogP contribution is -2.46. The van der Waals surface area contributed by atoms with Crippen molar-refractivity contribution < 1.29 is 4.79 Å². The van der Waals surface area contributed by atoms with Crippen LogP contribution < -0.4 is 10.2 Å². The lowest BCUT2D eigenvalue weighted by Gasteiger charge is -2.39. The second kappa shape index (κ2) is 9.86. The lowest BCUT2D eigenvalue weighted by molar-refractivity contribution is -0.125. The van der Waals surface area contributed by atoms with E-state index in [0.717, 1.165) is 56.1 Å². The Labute approximate surface area is 191 Å². The van der Waals surface area contributed by atoms with Crippen molar-refractivity contribution in [3.05, 3.63) is 23.3 Å². The number of carbonyl (C=O) groups is 1. The van der Waals surface area contributed by atoms with Crippen LogP contribution in [0, 0.1) is 19.8 Å². The van der Waals surface area contributed by atoms with Gasteiger partial charge in [0.1, 0.15) is 0 Å². The van der Waals surface area contributed by atoms with Crippen LogP contribution in [0.4, 0.5) is 5.13 Å². The molecule has 6 heteroatoms. The molecule has 0 aliphatic carbocycles. The van der Waals surface area contributed by atoms with E-state index in [2.05, 4.69) is 54.9 Å². The molecule has 2 fully saturated rings. The smallest absolute Gasteiger partial charge is 0.224 e. The molecule has 3 atom stereocenters. The van der Waals surface area contributed by atoms with E-state index in [1.807, 2.05) is 0 Å². The number of amides is 1. The first-order valence-corrected chi connectivity index (χ1v) is 12.9. The third-order valence-corrected chi connectivity index (χ3v) is 8.21. The van der Waals surface area contributed by atoms with Crippen molar-refractivity contribution >= 4 is 32.6 Å². The van der Waals surface area contributed by atoms with Crippen molar-refractivity contribution in [2.45, 2.75) is 78.3 Å². The van der Waals surface area contributed by atoms with Crippen LogP contribution in [0.15, 0.2) is 12.1 Å². The van der Waals surface area contributed by atoms with Crippen molar-refractivity contribution in [1.29, 1.82) is 0 Å². The maximum Gasteiger partial charge on any atom is 0.224 e. The summed E-state index contributed by atoms with van der Waals surface area (Å²) in [7, 11) is 0. The third-order valence-electron chi connectivity index (χ3n) is 7.15. The number of piperidine rings is 2. The molecular weight excluding hydrogens is 404 g/mol. The molecule has 5 nitrogen and oxygen atoms in total. The summed E-state index contributed by atoms with van der Waals surface area (Å²) < 4.78 is 1.25. The highest BCUT2D eigenvalue weighted by atomic mass is 32.1. The Morgan fingerprint density at radius 3 is 2.71 bits per heavy atom. The molecular formula is C25H38N4OS. The number of hydrogen-bond donors (Lipinski definition) is 1. The average Bonchev–Trinajstić information content (AvgIpc) is 3.17. The number of aromatic nitrogens is 1. The van der Waals surface area contributed by atoms with Crippen molar-refractivity contribution in [2.24, 2.45) is 5.92 Å². The van der Waals surface area contributed by atoms with Crippen LogP contribution in [0.1, 0.15) is 63.5 Å². The molecule has 4 rings (SSSR count). The molecule has 3 heterocycles. The van der Waals surface area contributed by atoms with Gasteiger partial charge in [-0.3, -0.25) is 9.69 Å². The highest BCUT2D eigenvalue weighted by Crippen LogP contribution is 2.33. The van der Waals surface area contributed by atoms with Gasteiger partial charge in [-0.05, 0) is 77.0 Å². The summed E-state index contributed by atoms with van der Waals surface area (Å²) in [6, 6.07) is 5.77. The second-order valence-electron chi connectivity index (χ2n) is 9.72. The van der Waals surface area contributed by atoms with Crippen LogP contribution in [-0.2, 0) is 4.79 Å². The van der Waals surface area contributed by atoms with E-state index in [9.17, 15) is 4.79 Å². The summed E-state index contributed by atoms with van der Waals surface area (Å²) >= 11 is 1.76. The Morgan fingerprint density at radius 2 is 1.94 bits per heavy atom. The normalized spacial score (nSPS) is 25.2. The van der Waals surface area contributed by atoms with E-state index in [1.165, 1.54) is 35.1 Å². The quantitative estimate of drug-likeness (QED) is 0.647. The number of benzene rings is 1. The maximum atomic E-state index is 12.9. The first-order chi connectivity index (χ1) is 14.9. The fraction of sp³-hybridized carbons (Fsp3) is 0.680. The second-order valence-corrected chi connectivity index (χ2v) is 10.7. The van der Waals surface area contributed by atoms with Gasteiger partial charge < -0.3 is 10.2 Å². The SMILES string of the molecule is Cc1cc(C)c2nc(N3CCC[C@@H](C(=O)NCCCN4[C@H](C)CCC[C@@H]4C)C3)sc2c1. The molecule has 0 saturated carbocycles. The van der Waals surface area contributed by atoms with Gasteiger partial charge >= 0.3 is 0 Å². The van der Waals surface area contributed by atoms with E-state index >= 15 is 0 Å². The van der Waals surface area contributed by atoms with Gasteiger partial charge in [0.05, 0.1) is 16.1 Å². The Bertz CT molecular complexity index is 900. The molecule has 170 valence electrons. The van der Waals surface area contributed by atoms with Crippen LogP contribution in [0.3, 0.4) is 0 Å². The Kier molecular flexibility index (Phi) is 7.17. The largest absolute Gasteiger partial charge is 0.356 e. The predicted octanol–water partition coefficient (Wildman–Crippen LogP) is 4.90. The molecule has 1 N–H and O–H groups in total. The zero-order valence-electron chi connectivity index (χ0n) is 19.6. The summed E-state index contributed by atoms with van der Waals surface area (Å²) in [4.78, 5) is 22.7. The van der Waals surface area contributed by atoms with Crippen molar-refractivity contribution in [2.75, 3.05) is 31.1 Å². The lowest BCUT2D eigenvalue weighted by atomic mass is 9.97. The number of anilines is 1. The molecule has 2 aliphatic heterocycles. The summed E-state index contributed by atoms with van der Waals surface area (Å²) in [6.07, 6.45) is 7.02. The van der Waals surface area contributed by atoms with Crippen molar-refractivity contribution in [1.82, 2.24) is 15.2 Å². The van der Waals surface area contributed by atoms with E-state index < -0.39 is 0 Å². The number of likely N-dealkylation sites (tertiary alicyclic amines) is 1. The predicted molar refractivity (Wildman–Crippen MR) is 131 cm³/mol. The fourth-order valence-corrected chi connectivity index (χ4v) is 6.57. The summed E-state index contributed by atoms with van der Waals surface area (Å²) in [5, 5.41) is 4.29. The highest BCUT2D eigenvalue weighted by Gasteiger charge is 2.28. The number of thiazole rings is 1. The topological polar surface area (TPSA) is 48.5 Å². The minimum Gasteiger partial charge on any atom is -0.356 e. The molecule has 1 aromatic carbocycles. The van der Waals surface area contributed by atoms with Crippen LogP contribution >= 0.6 is 11.3 Å². The molecule has 31 heavy (non-hydrogen) atoms. The summed E-state index contributed by atoms with van der Waals surface area (Å²) in [6.45, 7) is 12.6. The van der Waals surface area contributed by atoms with Crippen molar-refractivity contribution in [3.8, 4) is 0 Å². The zero-order chi connectivity index (χ0) is 22.0. The number of fused-ring (bicyclic) bond motifs is 1. The fourth-order valence-electron chi connectivity index (χ4n) is 5.39. The molecule has 1 amide bonds. The van der Waals surface area contributed by atoms with E-state index in [4.69, 9.17) is 4.98 Å². The highest BCUT2D eigenvalue weighted by molar-refractivity contribution is 7.22. The number of nitrogens with zero attached hydrogens (tertiary/aromatic N) is 3. The Morgan fingerprint density at radius 1 is 1.16 bits per heavy atom. The Balaban J connectivity index is 1.29. The monoisotopic (exact) mass is 442 g/mol. The molecule has 0 radical (unpaired) electrons. The zero-order valence-corrected chi connectivity index (χ0v) is 20.4. The van der Waals surface area contributed by atoms with Crippen LogP contribution in [0.25, 0.3) is 10.2 Å². The molecule has 2 aliphatic rings. The average molecular weight is 443 g/mol. The minimum absolute atomic E-state index is 0.0661. The summed E-state index contributed by atoms with van der Waals surface area (Å²) in [5.41, 5.74) is 3.63. The van der Waals surface area contributed by atoms with Crippen LogP contribution in [-0.4, -0.2) is 54.1 Å². The van der Waals surface area contributed by atoms with Crippen LogP contribution in [0.5, 0.6) is 0 Å². The molecule has 2 aromatic rings. The first-order valence-electron chi connectivity index (χ1n) is 12.1. The number of hydrogen-bond acceptors (Lipinski definition) is 5. The number of aryl methyl sites for hydroxylation is 2. The van der Waals surface area contributed by atoms with Gasteiger partial charge in [0.15, 0.2) is 5.13 Å². The molecule has 2 saturated heterocycles. The van der Waals surface area contributed by atoms with E-state index in [1.54, 1.807) is 11.3 Å². The van der Waals surface area contributed by atoms with Crippen molar-refractivity contribution in [3.63, 3.8) is 0 Å². The van der Waals surface area contributed by atoms with Gasteiger partial charge in [-0.25, -0.2) is 4.98 Å². The Hall–Kier alpha value is -1.66. The molecule has 0 spiro atoms. The van der Waals surface area contributed by atoms with Gasteiger partial charge in [0.2, 0.25) is 5.91 Å². The van der Waals surface area contributed by atoms with Gasteiger partial charge in [-0.1, -0.05) is 23.8 Å². The van der Waals surface area contributed by atoms with Crippen LogP contribution in [0.2, 0.25) is 0 Å². The number of rotatable bonds is 6. The van der Waals surface area contributed by atoms with E-state index in [0.29, 0.717) is 12.1 Å². The number of carbonyl (C=O) groups excluding carboxylic acids is 1. The van der Waals surface area contributed by atoms with Gasteiger partial charge in [-0.2, -0.15) is 0 Å². The third kappa shape index (κ3) is 5.23. The maximum absolute atomic E-state index is 12.9. The molecule has 0 bridgehead atoms. The minimum atomic E-state index is 0.0661. The van der Waals surface area contributed by atoms with Gasteiger partial charge in [0.25, 0.3) is 0 Å². The van der Waals surface area contributed by atoms with E-state index in [-0.39, 0.29) is 11.8 Å². The number of nitrogens with one attached hydrogen (secondary N) is 1.